The van der Waals surface area contributed by atoms with Crippen molar-refractivity contribution in [3.8, 4) is 11.5 Å². The standard InChI is InChI=1S/C17H21N5O2/c1-2-14(23)21-8-10-22(11-9-21)15-13(4-3-7-18-15)17-20-19-16(24-17)12-5-6-12/h3-4,7,12H,2,5-6,8-11H2,1H3. The highest BCUT2D eigenvalue weighted by Crippen LogP contribution is 2.40. The summed E-state index contributed by atoms with van der Waals surface area (Å²) < 4.78 is 5.85. The smallest absolute Gasteiger partial charge is 0.251 e. The van der Waals surface area contributed by atoms with E-state index >= 15 is 0 Å². The number of pyridine rings is 1. The van der Waals surface area contributed by atoms with Gasteiger partial charge in [-0.15, -0.1) is 10.2 Å². The molecule has 0 spiro atoms. The van der Waals surface area contributed by atoms with Crippen LogP contribution in [-0.4, -0.2) is 52.2 Å². The van der Waals surface area contributed by atoms with Crippen LogP contribution in [0.1, 0.15) is 38.0 Å². The highest BCUT2D eigenvalue weighted by Gasteiger charge is 2.30. The summed E-state index contributed by atoms with van der Waals surface area (Å²) in [6.45, 7) is 4.87. The molecule has 2 aromatic rings. The Morgan fingerprint density at radius 3 is 2.75 bits per heavy atom. The fraction of sp³-hybridized carbons (Fsp3) is 0.529. The largest absolute Gasteiger partial charge is 0.420 e. The van der Waals surface area contributed by atoms with Gasteiger partial charge >= 0.3 is 0 Å². The zero-order chi connectivity index (χ0) is 16.5. The molecule has 1 amide bonds. The normalized spacial score (nSPS) is 18.0. The van der Waals surface area contributed by atoms with Crippen LogP contribution in [-0.2, 0) is 4.79 Å². The molecule has 0 N–H and O–H groups in total. The first kappa shape index (κ1) is 15.1. The molecule has 0 aromatic carbocycles. The summed E-state index contributed by atoms with van der Waals surface area (Å²) in [5.74, 6) is 2.77. The first-order chi connectivity index (χ1) is 11.8. The number of rotatable bonds is 4. The fourth-order valence-electron chi connectivity index (χ4n) is 3.05. The molecule has 1 aliphatic heterocycles. The zero-order valence-electron chi connectivity index (χ0n) is 13.8. The van der Waals surface area contributed by atoms with Crippen molar-refractivity contribution in [3.63, 3.8) is 0 Å². The molecule has 1 saturated carbocycles. The lowest BCUT2D eigenvalue weighted by Gasteiger charge is -2.35. The summed E-state index contributed by atoms with van der Waals surface area (Å²) in [5.41, 5.74) is 0.868. The monoisotopic (exact) mass is 327 g/mol. The number of carbonyl (C=O) groups excluding carboxylic acids is 1. The minimum absolute atomic E-state index is 0.210. The van der Waals surface area contributed by atoms with Crippen molar-refractivity contribution in [2.45, 2.75) is 32.1 Å². The van der Waals surface area contributed by atoms with E-state index in [0.29, 0.717) is 18.2 Å². The van der Waals surface area contributed by atoms with Gasteiger partial charge in [-0.25, -0.2) is 4.98 Å². The van der Waals surface area contributed by atoms with Crippen molar-refractivity contribution in [3.05, 3.63) is 24.2 Å². The summed E-state index contributed by atoms with van der Waals surface area (Å²) in [6, 6.07) is 3.85. The first-order valence-corrected chi connectivity index (χ1v) is 8.57. The van der Waals surface area contributed by atoms with E-state index in [0.717, 1.165) is 56.3 Å². The third-order valence-electron chi connectivity index (χ3n) is 4.62. The minimum Gasteiger partial charge on any atom is -0.420 e. The van der Waals surface area contributed by atoms with Gasteiger partial charge < -0.3 is 14.2 Å². The maximum Gasteiger partial charge on any atom is 0.251 e. The number of hydrogen-bond acceptors (Lipinski definition) is 6. The zero-order valence-corrected chi connectivity index (χ0v) is 13.8. The topological polar surface area (TPSA) is 75.4 Å². The van der Waals surface area contributed by atoms with E-state index in [9.17, 15) is 4.79 Å². The molecular weight excluding hydrogens is 306 g/mol. The molecule has 0 radical (unpaired) electrons. The van der Waals surface area contributed by atoms with Crippen molar-refractivity contribution < 1.29 is 9.21 Å². The fourth-order valence-corrected chi connectivity index (χ4v) is 3.05. The van der Waals surface area contributed by atoms with Gasteiger partial charge in [-0.3, -0.25) is 4.79 Å². The second-order valence-corrected chi connectivity index (χ2v) is 6.32. The van der Waals surface area contributed by atoms with Gasteiger partial charge in [-0.05, 0) is 25.0 Å². The summed E-state index contributed by atoms with van der Waals surface area (Å²) in [6.07, 6.45) is 4.60. The Hall–Kier alpha value is -2.44. The Morgan fingerprint density at radius 2 is 2.04 bits per heavy atom. The van der Waals surface area contributed by atoms with Crippen LogP contribution in [0.3, 0.4) is 0 Å². The molecule has 4 rings (SSSR count). The van der Waals surface area contributed by atoms with Crippen molar-refractivity contribution in [2.75, 3.05) is 31.1 Å². The minimum atomic E-state index is 0.210. The molecule has 7 nitrogen and oxygen atoms in total. The molecule has 0 atom stereocenters. The Labute approximate surface area is 140 Å². The Kier molecular flexibility index (Phi) is 3.92. The summed E-state index contributed by atoms with van der Waals surface area (Å²) in [7, 11) is 0. The first-order valence-electron chi connectivity index (χ1n) is 8.57. The van der Waals surface area contributed by atoms with Gasteiger partial charge in [-0.2, -0.15) is 0 Å². The molecule has 2 aliphatic rings. The van der Waals surface area contributed by atoms with Gasteiger partial charge in [-0.1, -0.05) is 6.92 Å². The molecule has 2 fully saturated rings. The molecule has 0 bridgehead atoms. The predicted molar refractivity (Wildman–Crippen MR) is 88.6 cm³/mol. The number of piperazine rings is 1. The molecule has 3 heterocycles. The summed E-state index contributed by atoms with van der Waals surface area (Å²) >= 11 is 0. The number of amides is 1. The number of aromatic nitrogens is 3. The lowest BCUT2D eigenvalue weighted by atomic mass is 10.2. The molecular formula is C17H21N5O2. The second-order valence-electron chi connectivity index (χ2n) is 6.32. The van der Waals surface area contributed by atoms with E-state index in [-0.39, 0.29) is 5.91 Å². The predicted octanol–water partition coefficient (Wildman–Crippen LogP) is 2.07. The molecule has 24 heavy (non-hydrogen) atoms. The number of hydrogen-bond donors (Lipinski definition) is 0. The van der Waals surface area contributed by atoms with Crippen LogP contribution in [0.5, 0.6) is 0 Å². The van der Waals surface area contributed by atoms with Crippen LogP contribution >= 0.6 is 0 Å². The third-order valence-corrected chi connectivity index (χ3v) is 4.62. The van der Waals surface area contributed by atoms with Gasteiger partial charge in [0.15, 0.2) is 0 Å². The van der Waals surface area contributed by atoms with Gasteiger partial charge in [0.2, 0.25) is 11.8 Å². The third kappa shape index (κ3) is 2.86. The number of anilines is 1. The van der Waals surface area contributed by atoms with E-state index in [1.165, 1.54) is 0 Å². The van der Waals surface area contributed by atoms with E-state index in [1.54, 1.807) is 6.20 Å². The maximum absolute atomic E-state index is 11.8. The highest BCUT2D eigenvalue weighted by atomic mass is 16.4. The van der Waals surface area contributed by atoms with Crippen molar-refractivity contribution >= 4 is 11.7 Å². The lowest BCUT2D eigenvalue weighted by molar-refractivity contribution is -0.131. The maximum atomic E-state index is 11.8. The summed E-state index contributed by atoms with van der Waals surface area (Å²) in [4.78, 5) is 20.5. The Bertz CT molecular complexity index is 732. The highest BCUT2D eigenvalue weighted by molar-refractivity contribution is 5.76. The van der Waals surface area contributed by atoms with Gasteiger partial charge in [0.05, 0.1) is 5.56 Å². The average Bonchev–Trinajstić information content (AvgIpc) is 3.38. The molecule has 7 heteroatoms. The van der Waals surface area contributed by atoms with Crippen LogP contribution in [0.25, 0.3) is 11.5 Å². The average molecular weight is 327 g/mol. The van der Waals surface area contributed by atoms with E-state index in [1.807, 2.05) is 24.0 Å². The molecule has 2 aromatic heterocycles. The van der Waals surface area contributed by atoms with Crippen LogP contribution in [0.4, 0.5) is 5.82 Å². The van der Waals surface area contributed by atoms with E-state index < -0.39 is 0 Å². The lowest BCUT2D eigenvalue weighted by Crippen LogP contribution is -2.49. The molecule has 1 aliphatic carbocycles. The quantitative estimate of drug-likeness (QED) is 0.856. The van der Waals surface area contributed by atoms with Gasteiger partial charge in [0, 0.05) is 44.7 Å². The van der Waals surface area contributed by atoms with Crippen LogP contribution in [0.15, 0.2) is 22.7 Å². The van der Waals surface area contributed by atoms with Crippen LogP contribution in [0.2, 0.25) is 0 Å². The second kappa shape index (κ2) is 6.22. The SMILES string of the molecule is CCC(=O)N1CCN(c2ncccc2-c2nnc(C3CC3)o2)CC1. The van der Waals surface area contributed by atoms with Crippen LogP contribution in [0, 0.1) is 0 Å². The van der Waals surface area contributed by atoms with E-state index in [4.69, 9.17) is 4.42 Å². The summed E-state index contributed by atoms with van der Waals surface area (Å²) in [5, 5.41) is 8.38. The Balaban J connectivity index is 1.54. The van der Waals surface area contributed by atoms with E-state index in [2.05, 4.69) is 20.1 Å². The van der Waals surface area contributed by atoms with Crippen molar-refractivity contribution in [1.82, 2.24) is 20.1 Å². The van der Waals surface area contributed by atoms with Gasteiger partial charge in [0.25, 0.3) is 5.89 Å². The number of carbonyl (C=O) groups is 1. The van der Waals surface area contributed by atoms with Gasteiger partial charge in [0.1, 0.15) is 5.82 Å². The van der Waals surface area contributed by atoms with Crippen molar-refractivity contribution in [1.29, 1.82) is 0 Å². The number of nitrogens with zero attached hydrogens (tertiary/aromatic N) is 5. The van der Waals surface area contributed by atoms with Crippen molar-refractivity contribution in [2.24, 2.45) is 0 Å². The molecule has 126 valence electrons. The Morgan fingerprint density at radius 1 is 1.25 bits per heavy atom. The van der Waals surface area contributed by atoms with Crippen LogP contribution < -0.4 is 4.90 Å². The molecule has 0 unspecified atom stereocenters. The molecule has 1 saturated heterocycles.